The lowest BCUT2D eigenvalue weighted by Gasteiger charge is -2.26. The summed E-state index contributed by atoms with van der Waals surface area (Å²) in [4.78, 5) is 32.7. The molecule has 0 radical (unpaired) electrons. The molecule has 0 spiro atoms. The number of ketones is 1. The van der Waals surface area contributed by atoms with Crippen molar-refractivity contribution in [1.82, 2.24) is 4.98 Å². The van der Waals surface area contributed by atoms with E-state index in [0.717, 1.165) is 31.5 Å². The Morgan fingerprint density at radius 3 is 2.41 bits per heavy atom. The van der Waals surface area contributed by atoms with Crippen molar-refractivity contribution in [3.63, 3.8) is 0 Å². The number of nitrogens with zero attached hydrogens (tertiary/aromatic N) is 2. The molecule has 1 fully saturated rings. The summed E-state index contributed by atoms with van der Waals surface area (Å²) in [6.45, 7) is 1.70. The summed E-state index contributed by atoms with van der Waals surface area (Å²) < 4.78 is 11.0. The van der Waals surface area contributed by atoms with E-state index in [1.54, 1.807) is 24.3 Å². The molecule has 0 N–H and O–H groups in total. The van der Waals surface area contributed by atoms with Gasteiger partial charge < -0.3 is 14.1 Å². The minimum Gasteiger partial charge on any atom is -0.468 e. The second kappa shape index (κ2) is 10.0. The molecule has 1 aliphatic rings. The molecule has 0 amide bonds. The Hall–Kier alpha value is -3.12. The second-order valence-corrected chi connectivity index (χ2v) is 8.29. The van der Waals surface area contributed by atoms with Crippen LogP contribution in [0.4, 0.5) is 5.88 Å². The van der Waals surface area contributed by atoms with Crippen LogP contribution in [0.3, 0.4) is 0 Å². The Kier molecular flexibility index (Phi) is 6.90. The lowest BCUT2D eigenvalue weighted by atomic mass is 9.94. The van der Waals surface area contributed by atoms with Crippen LogP contribution < -0.4 is 4.90 Å². The van der Waals surface area contributed by atoms with Gasteiger partial charge in [-0.25, -0.2) is 4.98 Å². The molecule has 1 unspecified atom stereocenters. The standard InChI is InChI=1S/C25H25ClN2O4/c1-31-25(30)21(18-10-12-19(26)13-11-18)22(29)23-27-20(16-17-8-4-2-5-9-17)24(32-23)28-14-6-3-7-15-28/h2,4-5,8-13,21H,3,6-7,14-16H2,1H3. The van der Waals surface area contributed by atoms with Crippen molar-refractivity contribution >= 4 is 29.2 Å². The number of rotatable bonds is 7. The normalized spacial score (nSPS) is 14.8. The van der Waals surface area contributed by atoms with Crippen LogP contribution in [0.2, 0.25) is 5.02 Å². The van der Waals surface area contributed by atoms with Crippen LogP contribution in [0, 0.1) is 0 Å². The summed E-state index contributed by atoms with van der Waals surface area (Å²) in [5.74, 6) is -1.84. The number of methoxy groups -OCH3 is 1. The van der Waals surface area contributed by atoms with E-state index in [9.17, 15) is 9.59 Å². The zero-order valence-corrected chi connectivity index (χ0v) is 18.7. The average molecular weight is 453 g/mol. The number of ether oxygens (including phenoxy) is 1. The second-order valence-electron chi connectivity index (χ2n) is 7.85. The van der Waals surface area contributed by atoms with Gasteiger partial charge in [0.25, 0.3) is 5.89 Å². The van der Waals surface area contributed by atoms with Gasteiger partial charge in [-0.2, -0.15) is 0 Å². The highest BCUT2D eigenvalue weighted by Gasteiger charge is 2.35. The largest absolute Gasteiger partial charge is 0.468 e. The highest BCUT2D eigenvalue weighted by molar-refractivity contribution is 6.30. The first-order chi connectivity index (χ1) is 15.6. The van der Waals surface area contributed by atoms with Gasteiger partial charge in [0.15, 0.2) is 0 Å². The summed E-state index contributed by atoms with van der Waals surface area (Å²) in [6, 6.07) is 16.5. The molecule has 2 aromatic carbocycles. The number of Topliss-reactive ketones (excluding diaryl/α,β-unsaturated/α-hetero) is 1. The molecule has 1 aromatic heterocycles. The Labute approximate surface area is 192 Å². The van der Waals surface area contributed by atoms with Crippen LogP contribution >= 0.6 is 11.6 Å². The number of anilines is 1. The number of halogens is 1. The Morgan fingerprint density at radius 2 is 1.75 bits per heavy atom. The van der Waals surface area contributed by atoms with Gasteiger partial charge in [0.1, 0.15) is 11.6 Å². The molecule has 6 nitrogen and oxygen atoms in total. The van der Waals surface area contributed by atoms with E-state index in [2.05, 4.69) is 9.88 Å². The topological polar surface area (TPSA) is 72.6 Å². The Morgan fingerprint density at radius 1 is 1.06 bits per heavy atom. The van der Waals surface area contributed by atoms with Crippen LogP contribution in [-0.2, 0) is 16.0 Å². The molecule has 3 aromatic rings. The number of esters is 1. The number of aromatic nitrogens is 1. The summed E-state index contributed by atoms with van der Waals surface area (Å²) in [5, 5.41) is 0.512. The van der Waals surface area contributed by atoms with Crippen molar-refractivity contribution in [2.24, 2.45) is 0 Å². The first kappa shape index (κ1) is 22.1. The van der Waals surface area contributed by atoms with Crippen molar-refractivity contribution in [2.45, 2.75) is 31.6 Å². The van der Waals surface area contributed by atoms with E-state index < -0.39 is 17.7 Å². The van der Waals surface area contributed by atoms with E-state index in [-0.39, 0.29) is 5.89 Å². The zero-order chi connectivity index (χ0) is 22.5. The van der Waals surface area contributed by atoms with E-state index in [0.29, 0.717) is 28.6 Å². The lowest BCUT2D eigenvalue weighted by molar-refractivity contribution is -0.141. The van der Waals surface area contributed by atoms with E-state index in [1.807, 2.05) is 30.3 Å². The first-order valence-electron chi connectivity index (χ1n) is 10.7. The molecule has 166 valence electrons. The van der Waals surface area contributed by atoms with Gasteiger partial charge in [0.2, 0.25) is 11.7 Å². The maximum absolute atomic E-state index is 13.4. The van der Waals surface area contributed by atoms with Gasteiger partial charge in [-0.1, -0.05) is 54.1 Å². The average Bonchev–Trinajstić information content (AvgIpc) is 3.25. The Bertz CT molecular complexity index is 1070. The fourth-order valence-corrected chi connectivity index (χ4v) is 4.11. The van der Waals surface area contributed by atoms with Gasteiger partial charge in [-0.05, 0) is 42.5 Å². The SMILES string of the molecule is COC(=O)C(C(=O)c1nc(Cc2ccccc2)c(N2CCCCC2)o1)c1ccc(Cl)cc1. The van der Waals surface area contributed by atoms with E-state index in [1.165, 1.54) is 13.5 Å². The van der Waals surface area contributed by atoms with Gasteiger partial charge >= 0.3 is 5.97 Å². The number of piperidine rings is 1. The summed E-state index contributed by atoms with van der Waals surface area (Å²) >= 11 is 5.98. The molecule has 7 heteroatoms. The molecule has 0 bridgehead atoms. The molecule has 2 heterocycles. The van der Waals surface area contributed by atoms with Gasteiger partial charge in [-0.15, -0.1) is 0 Å². The maximum atomic E-state index is 13.4. The maximum Gasteiger partial charge on any atom is 0.321 e. The molecule has 32 heavy (non-hydrogen) atoms. The molecule has 1 atom stereocenters. The van der Waals surface area contributed by atoms with Gasteiger partial charge in [0.05, 0.1) is 7.11 Å². The van der Waals surface area contributed by atoms with Crippen molar-refractivity contribution < 1.29 is 18.7 Å². The highest BCUT2D eigenvalue weighted by Crippen LogP contribution is 2.31. The minimum absolute atomic E-state index is 0.0816. The number of carbonyl (C=O) groups excluding carboxylic acids is 2. The lowest BCUT2D eigenvalue weighted by Crippen LogP contribution is -2.29. The van der Waals surface area contributed by atoms with E-state index in [4.69, 9.17) is 20.8 Å². The zero-order valence-electron chi connectivity index (χ0n) is 17.9. The molecular formula is C25H25ClN2O4. The van der Waals surface area contributed by atoms with Crippen molar-refractivity contribution in [2.75, 3.05) is 25.1 Å². The third kappa shape index (κ3) is 4.86. The van der Waals surface area contributed by atoms with Crippen LogP contribution in [-0.4, -0.2) is 36.9 Å². The molecule has 1 saturated heterocycles. The first-order valence-corrected chi connectivity index (χ1v) is 11.1. The fraction of sp³-hybridized carbons (Fsp3) is 0.320. The molecule has 0 aliphatic carbocycles. The smallest absolute Gasteiger partial charge is 0.321 e. The van der Waals surface area contributed by atoms with Gasteiger partial charge in [-0.3, -0.25) is 9.59 Å². The predicted octanol–water partition coefficient (Wildman–Crippen LogP) is 5.05. The number of benzene rings is 2. The predicted molar refractivity (Wildman–Crippen MR) is 122 cm³/mol. The third-order valence-corrected chi connectivity index (χ3v) is 5.90. The van der Waals surface area contributed by atoms with Crippen molar-refractivity contribution in [1.29, 1.82) is 0 Å². The molecule has 4 rings (SSSR count). The number of hydrogen-bond donors (Lipinski definition) is 0. The monoisotopic (exact) mass is 452 g/mol. The van der Waals surface area contributed by atoms with Crippen LogP contribution in [0.5, 0.6) is 0 Å². The van der Waals surface area contributed by atoms with Crippen molar-refractivity contribution in [3.05, 3.63) is 82.3 Å². The number of carbonyl (C=O) groups is 2. The quantitative estimate of drug-likeness (QED) is 0.284. The number of oxazole rings is 1. The van der Waals surface area contributed by atoms with E-state index >= 15 is 0 Å². The minimum atomic E-state index is -1.17. The molecule has 0 saturated carbocycles. The molecular weight excluding hydrogens is 428 g/mol. The number of hydrogen-bond acceptors (Lipinski definition) is 6. The van der Waals surface area contributed by atoms with Crippen LogP contribution in [0.25, 0.3) is 0 Å². The summed E-state index contributed by atoms with van der Waals surface area (Å²) in [6.07, 6.45) is 3.83. The van der Waals surface area contributed by atoms with Crippen LogP contribution in [0.15, 0.2) is 59.0 Å². The Balaban J connectivity index is 1.71. The highest BCUT2D eigenvalue weighted by atomic mass is 35.5. The van der Waals surface area contributed by atoms with Crippen molar-refractivity contribution in [3.8, 4) is 0 Å². The van der Waals surface area contributed by atoms with Gasteiger partial charge in [0, 0.05) is 24.5 Å². The molecule has 1 aliphatic heterocycles. The summed E-state index contributed by atoms with van der Waals surface area (Å²) in [5.41, 5.74) is 2.25. The summed E-state index contributed by atoms with van der Waals surface area (Å²) in [7, 11) is 1.26. The fourth-order valence-electron chi connectivity index (χ4n) is 3.99. The third-order valence-electron chi connectivity index (χ3n) is 5.65. The van der Waals surface area contributed by atoms with Crippen LogP contribution in [0.1, 0.15) is 52.7 Å².